The van der Waals surface area contributed by atoms with Crippen molar-refractivity contribution in [3.63, 3.8) is 0 Å². The predicted octanol–water partition coefficient (Wildman–Crippen LogP) is 6.27. The number of aliphatic carboxylic acids is 1. The average molecular weight is 401 g/mol. The smallest absolute Gasteiger partial charge is 0.303 e. The lowest BCUT2D eigenvalue weighted by Crippen LogP contribution is -2.57. The molecule has 0 aromatic rings. The molecule has 0 amide bonds. The molecule has 0 aromatic heterocycles. The van der Waals surface area contributed by atoms with Crippen LogP contribution in [-0.4, -0.2) is 16.9 Å². The molecule has 4 rings (SSSR count). The van der Waals surface area contributed by atoms with Crippen LogP contribution >= 0.6 is 0 Å². The minimum atomic E-state index is -0.684. The second-order valence-electron chi connectivity index (χ2n) is 11.3. The zero-order chi connectivity index (χ0) is 21.0. The third-order valence-corrected chi connectivity index (χ3v) is 10.2. The number of carbonyl (C=O) groups is 2. The summed E-state index contributed by atoms with van der Waals surface area (Å²) in [4.78, 5) is 24.9. The van der Waals surface area contributed by atoms with Crippen LogP contribution in [0.15, 0.2) is 11.6 Å². The van der Waals surface area contributed by atoms with Crippen LogP contribution in [0.3, 0.4) is 0 Å². The van der Waals surface area contributed by atoms with E-state index in [9.17, 15) is 9.59 Å². The molecule has 3 heteroatoms. The molecular formula is C26H40O3. The minimum absolute atomic E-state index is 0.200. The molecule has 8 atom stereocenters. The van der Waals surface area contributed by atoms with Crippen molar-refractivity contribution in [2.24, 2.45) is 46.3 Å². The van der Waals surface area contributed by atoms with E-state index in [2.05, 4.69) is 33.8 Å². The Morgan fingerprint density at radius 2 is 1.83 bits per heavy atom. The first-order chi connectivity index (χ1) is 13.7. The van der Waals surface area contributed by atoms with E-state index in [0.29, 0.717) is 40.8 Å². The number of carbonyl (C=O) groups excluding carboxylic acids is 1. The van der Waals surface area contributed by atoms with Gasteiger partial charge in [-0.1, -0.05) is 39.7 Å². The van der Waals surface area contributed by atoms with Crippen LogP contribution in [0, 0.1) is 46.3 Å². The largest absolute Gasteiger partial charge is 0.481 e. The lowest BCUT2D eigenvalue weighted by molar-refractivity contribution is -0.146. The van der Waals surface area contributed by atoms with E-state index in [1.54, 1.807) is 0 Å². The number of hydrogen-bond donors (Lipinski definition) is 1. The molecule has 0 radical (unpaired) electrons. The standard InChI is InChI=1S/C26H40O3/c1-5-17-19-8-6-7-14-25(19,3)21-13-15-26(4)18(16(2)9-12-22(27)28)10-11-20(26)23(21)24(17)29/h5,16,18-21,23H,6-15H2,1-4H3,(H,27,28)/b17-5+/t16-,18?,19+,20?,21?,23?,25?,26-/m1/s1. The summed E-state index contributed by atoms with van der Waals surface area (Å²) in [5.41, 5.74) is 1.65. The Bertz CT molecular complexity index is 709. The molecule has 1 N–H and O–H groups in total. The van der Waals surface area contributed by atoms with E-state index in [1.807, 2.05) is 0 Å². The fourth-order valence-electron chi connectivity index (χ4n) is 8.79. The fraction of sp³-hybridized carbons (Fsp3) is 0.846. The maximum atomic E-state index is 13.8. The summed E-state index contributed by atoms with van der Waals surface area (Å²) in [6.07, 6.45) is 13.0. The normalized spacial score (nSPS) is 46.7. The summed E-state index contributed by atoms with van der Waals surface area (Å²) in [6.45, 7) is 9.29. The quantitative estimate of drug-likeness (QED) is 0.566. The summed E-state index contributed by atoms with van der Waals surface area (Å²) in [5, 5.41) is 9.13. The van der Waals surface area contributed by atoms with Gasteiger partial charge in [0.05, 0.1) is 0 Å². The minimum Gasteiger partial charge on any atom is -0.481 e. The van der Waals surface area contributed by atoms with Crippen LogP contribution in [0.2, 0.25) is 0 Å². The molecule has 0 spiro atoms. The van der Waals surface area contributed by atoms with Gasteiger partial charge in [-0.3, -0.25) is 9.59 Å². The number of allylic oxidation sites excluding steroid dienone is 2. The van der Waals surface area contributed by atoms with Crippen molar-refractivity contribution in [2.45, 2.75) is 91.9 Å². The van der Waals surface area contributed by atoms with Crippen LogP contribution in [-0.2, 0) is 9.59 Å². The molecule has 0 heterocycles. The van der Waals surface area contributed by atoms with Crippen molar-refractivity contribution in [1.82, 2.24) is 0 Å². The maximum Gasteiger partial charge on any atom is 0.303 e. The second-order valence-corrected chi connectivity index (χ2v) is 11.3. The molecule has 0 bridgehead atoms. The van der Waals surface area contributed by atoms with Gasteiger partial charge in [0.15, 0.2) is 5.78 Å². The molecule has 162 valence electrons. The molecule has 0 aromatic carbocycles. The lowest BCUT2D eigenvalue weighted by atomic mass is 9.43. The molecule has 4 fully saturated rings. The number of rotatable bonds is 4. The number of fused-ring (bicyclic) bond motifs is 5. The summed E-state index contributed by atoms with van der Waals surface area (Å²) in [5.74, 6) is 2.51. The molecular weight excluding hydrogens is 360 g/mol. The van der Waals surface area contributed by atoms with E-state index < -0.39 is 5.97 Å². The van der Waals surface area contributed by atoms with E-state index in [0.717, 1.165) is 18.4 Å². The van der Waals surface area contributed by atoms with Gasteiger partial charge in [0.25, 0.3) is 0 Å². The van der Waals surface area contributed by atoms with E-state index in [4.69, 9.17) is 5.11 Å². The Labute approximate surface area is 176 Å². The number of carboxylic acid groups (broad SMARTS) is 1. The van der Waals surface area contributed by atoms with Gasteiger partial charge in [0, 0.05) is 12.3 Å². The highest BCUT2D eigenvalue weighted by Crippen LogP contribution is 2.68. The maximum absolute atomic E-state index is 13.8. The first-order valence-electron chi connectivity index (χ1n) is 12.2. The van der Waals surface area contributed by atoms with Gasteiger partial charge in [-0.05, 0) is 97.9 Å². The van der Waals surface area contributed by atoms with Gasteiger partial charge < -0.3 is 5.11 Å². The van der Waals surface area contributed by atoms with Crippen molar-refractivity contribution >= 4 is 11.8 Å². The molecule has 3 nitrogen and oxygen atoms in total. The zero-order valence-corrected chi connectivity index (χ0v) is 18.9. The Morgan fingerprint density at radius 3 is 2.52 bits per heavy atom. The first kappa shape index (κ1) is 21.1. The second kappa shape index (κ2) is 7.54. The van der Waals surface area contributed by atoms with Crippen molar-refractivity contribution in [2.75, 3.05) is 0 Å². The Hall–Kier alpha value is -1.12. The van der Waals surface area contributed by atoms with Gasteiger partial charge in [-0.25, -0.2) is 0 Å². The molecule has 4 saturated carbocycles. The van der Waals surface area contributed by atoms with E-state index >= 15 is 0 Å². The van der Waals surface area contributed by atoms with Crippen molar-refractivity contribution < 1.29 is 14.7 Å². The van der Waals surface area contributed by atoms with Crippen molar-refractivity contribution in [3.05, 3.63) is 11.6 Å². The zero-order valence-electron chi connectivity index (χ0n) is 18.9. The predicted molar refractivity (Wildman–Crippen MR) is 115 cm³/mol. The summed E-state index contributed by atoms with van der Waals surface area (Å²) in [6, 6.07) is 0. The topological polar surface area (TPSA) is 54.4 Å². The Morgan fingerprint density at radius 1 is 1.10 bits per heavy atom. The Balaban J connectivity index is 1.64. The molecule has 5 unspecified atom stereocenters. The van der Waals surface area contributed by atoms with Crippen LogP contribution in [0.25, 0.3) is 0 Å². The molecule has 29 heavy (non-hydrogen) atoms. The molecule has 0 aliphatic heterocycles. The third kappa shape index (κ3) is 3.13. The van der Waals surface area contributed by atoms with E-state index in [1.165, 1.54) is 44.9 Å². The van der Waals surface area contributed by atoms with Crippen molar-refractivity contribution in [3.8, 4) is 0 Å². The summed E-state index contributed by atoms with van der Waals surface area (Å²) < 4.78 is 0. The first-order valence-corrected chi connectivity index (χ1v) is 12.2. The van der Waals surface area contributed by atoms with E-state index in [-0.39, 0.29) is 17.8 Å². The Kier molecular flexibility index (Phi) is 5.49. The SMILES string of the molecule is C/C=C1/C(=O)C2C(CC[C@@]3(C)C2CCC3[C@H](C)CCC(=O)O)C2(C)CCCC[C@@H]12. The van der Waals surface area contributed by atoms with Gasteiger partial charge >= 0.3 is 5.97 Å². The molecule has 0 saturated heterocycles. The fourth-order valence-corrected chi connectivity index (χ4v) is 8.79. The van der Waals surface area contributed by atoms with Gasteiger partial charge in [0.1, 0.15) is 0 Å². The van der Waals surface area contributed by atoms with Crippen LogP contribution in [0.5, 0.6) is 0 Å². The van der Waals surface area contributed by atoms with Gasteiger partial charge in [0.2, 0.25) is 0 Å². The van der Waals surface area contributed by atoms with Crippen molar-refractivity contribution in [1.29, 1.82) is 0 Å². The highest BCUT2D eigenvalue weighted by atomic mass is 16.4. The van der Waals surface area contributed by atoms with Crippen LogP contribution in [0.1, 0.15) is 91.9 Å². The van der Waals surface area contributed by atoms with Crippen LogP contribution in [0.4, 0.5) is 0 Å². The molecule has 4 aliphatic rings. The van der Waals surface area contributed by atoms with Gasteiger partial charge in [-0.2, -0.15) is 0 Å². The number of ketones is 1. The van der Waals surface area contributed by atoms with Gasteiger partial charge in [-0.15, -0.1) is 0 Å². The van der Waals surface area contributed by atoms with Crippen LogP contribution < -0.4 is 0 Å². The number of Topliss-reactive ketones (excluding diaryl/α,β-unsaturated/α-hetero) is 1. The highest BCUT2D eigenvalue weighted by Gasteiger charge is 2.63. The number of hydrogen-bond acceptors (Lipinski definition) is 2. The molecule has 4 aliphatic carbocycles. The lowest BCUT2D eigenvalue weighted by Gasteiger charge is -2.60. The highest BCUT2D eigenvalue weighted by molar-refractivity contribution is 5.99. The summed E-state index contributed by atoms with van der Waals surface area (Å²) >= 11 is 0. The number of carboxylic acids is 1. The summed E-state index contributed by atoms with van der Waals surface area (Å²) in [7, 11) is 0. The average Bonchev–Trinajstić information content (AvgIpc) is 3.04. The third-order valence-electron chi connectivity index (χ3n) is 10.2. The monoisotopic (exact) mass is 400 g/mol.